The number of aromatic nitrogens is 4. The van der Waals surface area contributed by atoms with Gasteiger partial charge >= 0.3 is 0 Å². The van der Waals surface area contributed by atoms with Gasteiger partial charge in [0, 0.05) is 31.1 Å². The quantitative estimate of drug-likeness (QED) is 0.835. The minimum Gasteiger partial charge on any atom is -0.369 e. The molecule has 1 amide bonds. The van der Waals surface area contributed by atoms with E-state index in [-0.39, 0.29) is 11.8 Å². The Morgan fingerprint density at radius 1 is 1.26 bits per heavy atom. The van der Waals surface area contributed by atoms with Crippen LogP contribution in [0.4, 0.5) is 11.6 Å². The first-order chi connectivity index (χ1) is 11.2. The summed E-state index contributed by atoms with van der Waals surface area (Å²) >= 11 is 0. The van der Waals surface area contributed by atoms with Gasteiger partial charge in [0.2, 0.25) is 5.91 Å². The molecule has 1 aliphatic heterocycles. The number of piperidine rings is 1. The van der Waals surface area contributed by atoms with E-state index in [4.69, 9.17) is 5.73 Å². The fraction of sp³-hybridized carbons (Fsp3) is 0.400. The van der Waals surface area contributed by atoms with Crippen LogP contribution in [0.2, 0.25) is 0 Å². The van der Waals surface area contributed by atoms with Crippen molar-refractivity contribution in [3.8, 4) is 0 Å². The van der Waals surface area contributed by atoms with E-state index in [1.807, 2.05) is 0 Å². The van der Waals surface area contributed by atoms with Gasteiger partial charge in [-0.1, -0.05) is 0 Å². The molecule has 1 aliphatic rings. The highest BCUT2D eigenvalue weighted by Crippen LogP contribution is 2.26. The molecule has 1 fully saturated rings. The fourth-order valence-electron chi connectivity index (χ4n) is 2.79. The number of rotatable bonds is 5. The van der Waals surface area contributed by atoms with Crippen molar-refractivity contribution in [3.05, 3.63) is 36.7 Å². The molecule has 23 heavy (non-hydrogen) atoms. The van der Waals surface area contributed by atoms with Crippen LogP contribution < -0.4 is 11.1 Å². The van der Waals surface area contributed by atoms with Gasteiger partial charge in [-0.3, -0.25) is 19.7 Å². The lowest BCUT2D eigenvalue weighted by Gasteiger charge is -2.31. The van der Waals surface area contributed by atoms with Crippen LogP contribution in [-0.2, 0) is 4.79 Å². The zero-order valence-corrected chi connectivity index (χ0v) is 12.7. The number of nitrogens with two attached hydrogens (primary N) is 1. The zero-order chi connectivity index (χ0) is 16.1. The minimum atomic E-state index is -0.296. The maximum atomic E-state index is 11.1. The Morgan fingerprint density at radius 3 is 2.91 bits per heavy atom. The number of primary amides is 1. The van der Waals surface area contributed by atoms with E-state index in [2.05, 4.69) is 30.2 Å². The van der Waals surface area contributed by atoms with Crippen LogP contribution in [0.25, 0.3) is 0 Å². The number of amides is 1. The van der Waals surface area contributed by atoms with Gasteiger partial charge < -0.3 is 11.1 Å². The highest BCUT2D eigenvalue weighted by atomic mass is 16.1. The summed E-state index contributed by atoms with van der Waals surface area (Å²) in [5.74, 6) is 1.21. The predicted molar refractivity (Wildman–Crippen MR) is 85.0 cm³/mol. The maximum absolute atomic E-state index is 11.1. The van der Waals surface area contributed by atoms with Crippen LogP contribution >= 0.6 is 0 Å². The molecule has 0 unspecified atom stereocenters. The number of nitrogens with one attached hydrogen (secondary N) is 1. The van der Waals surface area contributed by atoms with Gasteiger partial charge in [0.1, 0.15) is 11.6 Å². The Morgan fingerprint density at radius 2 is 2.13 bits per heavy atom. The average Bonchev–Trinajstić information content (AvgIpc) is 2.56. The van der Waals surface area contributed by atoms with Crippen molar-refractivity contribution in [1.82, 2.24) is 24.8 Å². The van der Waals surface area contributed by atoms with Crippen molar-refractivity contribution in [2.75, 3.05) is 25.0 Å². The molecule has 0 aliphatic carbocycles. The molecule has 1 atom stereocenters. The highest BCUT2D eigenvalue weighted by molar-refractivity contribution is 5.75. The Kier molecular flexibility index (Phi) is 4.72. The van der Waals surface area contributed by atoms with E-state index in [0.717, 1.165) is 31.6 Å². The van der Waals surface area contributed by atoms with Gasteiger partial charge in [0.05, 0.1) is 24.6 Å². The smallest absolute Gasteiger partial charge is 0.231 e. The monoisotopic (exact) mass is 313 g/mol. The molecule has 3 N–H and O–H groups in total. The Bertz CT molecular complexity index is 664. The van der Waals surface area contributed by atoms with Gasteiger partial charge in [-0.2, -0.15) is 0 Å². The zero-order valence-electron chi connectivity index (χ0n) is 12.7. The first-order valence-corrected chi connectivity index (χ1v) is 7.56. The Balaban J connectivity index is 1.70. The van der Waals surface area contributed by atoms with Gasteiger partial charge in [-0.15, -0.1) is 0 Å². The Labute approximate surface area is 134 Å². The molecule has 2 aromatic rings. The van der Waals surface area contributed by atoms with E-state index in [9.17, 15) is 4.79 Å². The number of likely N-dealkylation sites (tertiary alicyclic amines) is 1. The van der Waals surface area contributed by atoms with Crippen LogP contribution in [0.1, 0.15) is 24.5 Å². The molecule has 2 aromatic heterocycles. The third kappa shape index (κ3) is 4.19. The molecule has 3 heterocycles. The van der Waals surface area contributed by atoms with Crippen molar-refractivity contribution in [1.29, 1.82) is 0 Å². The molecular weight excluding hydrogens is 294 g/mol. The predicted octanol–water partition coefficient (Wildman–Crippen LogP) is 0.675. The van der Waals surface area contributed by atoms with Gasteiger partial charge in [-0.25, -0.2) is 9.97 Å². The second-order valence-corrected chi connectivity index (χ2v) is 5.59. The minimum absolute atomic E-state index is 0.249. The maximum Gasteiger partial charge on any atom is 0.231 e. The topological polar surface area (TPSA) is 110 Å². The third-order valence-corrected chi connectivity index (χ3v) is 3.78. The molecule has 0 spiro atoms. The number of carbonyl (C=O) groups excluding carboxylic acids is 1. The van der Waals surface area contributed by atoms with E-state index >= 15 is 0 Å². The van der Waals surface area contributed by atoms with E-state index in [0.29, 0.717) is 18.2 Å². The van der Waals surface area contributed by atoms with Crippen LogP contribution in [0.5, 0.6) is 0 Å². The molecule has 8 nitrogen and oxygen atoms in total. The number of hydrogen-bond acceptors (Lipinski definition) is 7. The summed E-state index contributed by atoms with van der Waals surface area (Å²) in [7, 11) is 0. The van der Waals surface area contributed by atoms with Crippen molar-refractivity contribution in [3.63, 3.8) is 0 Å². The fourth-order valence-corrected chi connectivity index (χ4v) is 2.79. The normalized spacial score (nSPS) is 18.5. The second-order valence-electron chi connectivity index (χ2n) is 5.59. The number of carbonyl (C=O) groups is 1. The summed E-state index contributed by atoms with van der Waals surface area (Å²) in [6, 6.07) is 0. The first-order valence-electron chi connectivity index (χ1n) is 7.56. The standard InChI is InChI=1S/C15H19N7O/c16-13(23)10-22-5-1-2-11(9-22)12-6-18-8-15(20-12)21-14-7-17-3-4-19-14/h3-4,6-8,11H,1-2,5,9-10H2,(H2,16,23)(H,19,20,21)/t11-/m1/s1. The van der Waals surface area contributed by atoms with E-state index in [1.54, 1.807) is 31.0 Å². The van der Waals surface area contributed by atoms with Gasteiger partial charge in [0.25, 0.3) is 0 Å². The van der Waals surface area contributed by atoms with Crippen LogP contribution in [0.15, 0.2) is 31.0 Å². The lowest BCUT2D eigenvalue weighted by Crippen LogP contribution is -2.40. The number of anilines is 2. The molecule has 1 saturated heterocycles. The van der Waals surface area contributed by atoms with Crippen molar-refractivity contribution in [2.24, 2.45) is 5.73 Å². The van der Waals surface area contributed by atoms with Crippen LogP contribution in [0, 0.1) is 0 Å². The summed E-state index contributed by atoms with van der Waals surface area (Å²) in [6.07, 6.45) is 10.3. The van der Waals surface area contributed by atoms with Crippen LogP contribution in [0.3, 0.4) is 0 Å². The Hall–Kier alpha value is -2.61. The largest absolute Gasteiger partial charge is 0.369 e. The second kappa shape index (κ2) is 7.10. The molecule has 0 aromatic carbocycles. The molecule has 0 saturated carbocycles. The molecule has 8 heteroatoms. The first kappa shape index (κ1) is 15.3. The molecule has 0 bridgehead atoms. The summed E-state index contributed by atoms with van der Waals surface area (Å²) < 4.78 is 0. The summed E-state index contributed by atoms with van der Waals surface area (Å²) in [5, 5.41) is 3.09. The molecular formula is C15H19N7O. The molecule has 120 valence electrons. The van der Waals surface area contributed by atoms with E-state index < -0.39 is 0 Å². The van der Waals surface area contributed by atoms with Gasteiger partial charge in [0.15, 0.2) is 0 Å². The summed E-state index contributed by atoms with van der Waals surface area (Å²) in [4.78, 5) is 30.2. The van der Waals surface area contributed by atoms with Crippen molar-refractivity contribution in [2.45, 2.75) is 18.8 Å². The van der Waals surface area contributed by atoms with Crippen molar-refractivity contribution >= 4 is 17.5 Å². The summed E-state index contributed by atoms with van der Waals surface area (Å²) in [6.45, 7) is 1.96. The average molecular weight is 313 g/mol. The number of nitrogens with zero attached hydrogens (tertiary/aromatic N) is 5. The number of hydrogen-bond donors (Lipinski definition) is 2. The van der Waals surface area contributed by atoms with Crippen molar-refractivity contribution < 1.29 is 4.79 Å². The van der Waals surface area contributed by atoms with E-state index in [1.165, 1.54) is 0 Å². The third-order valence-electron chi connectivity index (χ3n) is 3.78. The lowest BCUT2D eigenvalue weighted by atomic mass is 9.95. The van der Waals surface area contributed by atoms with Crippen LogP contribution in [-0.4, -0.2) is 50.4 Å². The SMILES string of the molecule is NC(=O)CN1CCC[C@@H](c2cncc(Nc3cnccn3)n2)C1. The summed E-state index contributed by atoms with van der Waals surface area (Å²) in [5.41, 5.74) is 6.20. The molecule has 3 rings (SSSR count). The highest BCUT2D eigenvalue weighted by Gasteiger charge is 2.23. The molecule has 0 radical (unpaired) electrons. The van der Waals surface area contributed by atoms with Gasteiger partial charge in [-0.05, 0) is 19.4 Å². The lowest BCUT2D eigenvalue weighted by molar-refractivity contribution is -0.119.